The molecule has 162 valence electrons. The molecule has 0 spiro atoms. The topological polar surface area (TPSA) is 25.2 Å². The zero-order valence-corrected chi connectivity index (χ0v) is 18.8. The highest BCUT2D eigenvalue weighted by atomic mass is 16.2. The van der Waals surface area contributed by atoms with Gasteiger partial charge >= 0.3 is 0 Å². The summed E-state index contributed by atoms with van der Waals surface area (Å²) in [6, 6.07) is 27.2. The molecule has 3 heteroatoms. The Labute approximate surface area is 194 Å². The van der Waals surface area contributed by atoms with Crippen LogP contribution in [0.15, 0.2) is 91.1 Å². The summed E-state index contributed by atoms with van der Waals surface area (Å²) in [7, 11) is 0. The van der Waals surface area contributed by atoms with Crippen molar-refractivity contribution < 1.29 is 4.79 Å². The first-order chi connectivity index (χ1) is 16.2. The number of carbonyl (C=O) groups is 1. The fourth-order valence-corrected chi connectivity index (χ4v) is 5.26. The van der Waals surface area contributed by atoms with E-state index < -0.39 is 0 Å². The molecule has 0 radical (unpaired) electrons. The van der Waals surface area contributed by atoms with Gasteiger partial charge in [-0.05, 0) is 83.5 Å². The SMILES string of the molecule is Cc1cc(C(=O)N2Cc3cccn3Cc3ccccc32)ccc1C1=CCCc2ccccc21. The van der Waals surface area contributed by atoms with Gasteiger partial charge < -0.3 is 9.47 Å². The summed E-state index contributed by atoms with van der Waals surface area (Å²) in [6.07, 6.45) is 6.57. The molecule has 0 bridgehead atoms. The molecule has 6 rings (SSSR count). The lowest BCUT2D eigenvalue weighted by molar-refractivity contribution is 0.0985. The summed E-state index contributed by atoms with van der Waals surface area (Å²) >= 11 is 0. The maximum absolute atomic E-state index is 13.8. The van der Waals surface area contributed by atoms with E-state index in [2.05, 4.69) is 84.4 Å². The summed E-state index contributed by atoms with van der Waals surface area (Å²) in [6.45, 7) is 3.47. The number of nitrogens with zero attached hydrogens (tertiary/aromatic N) is 2. The molecule has 0 fully saturated rings. The van der Waals surface area contributed by atoms with Gasteiger partial charge in [0.05, 0.1) is 6.54 Å². The minimum absolute atomic E-state index is 0.0461. The maximum Gasteiger partial charge on any atom is 0.258 e. The Hall–Kier alpha value is -3.85. The third-order valence-corrected chi connectivity index (χ3v) is 6.95. The van der Waals surface area contributed by atoms with Crippen LogP contribution in [-0.2, 0) is 19.5 Å². The molecule has 1 aliphatic heterocycles. The largest absolute Gasteiger partial charge is 0.345 e. The fourth-order valence-electron chi connectivity index (χ4n) is 5.26. The van der Waals surface area contributed by atoms with Crippen LogP contribution in [0.5, 0.6) is 0 Å². The standard InChI is InChI=1S/C30H26N2O/c1-21-18-23(15-16-26(21)28-13-6-10-22-8-2-4-12-27(22)28)30(33)32-20-25-11-7-17-31(25)19-24-9-3-5-14-29(24)32/h2-5,7-9,11-18H,6,10,19-20H2,1H3. The summed E-state index contributed by atoms with van der Waals surface area (Å²) in [4.78, 5) is 15.7. The van der Waals surface area contributed by atoms with Gasteiger partial charge in [-0.3, -0.25) is 4.79 Å². The average molecular weight is 431 g/mol. The maximum atomic E-state index is 13.8. The van der Waals surface area contributed by atoms with Crippen LogP contribution in [0.2, 0.25) is 0 Å². The molecule has 1 aromatic heterocycles. The van der Waals surface area contributed by atoms with Crippen molar-refractivity contribution in [1.29, 1.82) is 0 Å². The number of hydrogen-bond donors (Lipinski definition) is 0. The Bertz CT molecular complexity index is 1410. The molecule has 0 N–H and O–H groups in total. The van der Waals surface area contributed by atoms with E-state index in [1.807, 2.05) is 23.1 Å². The molecule has 0 unspecified atom stereocenters. The van der Waals surface area contributed by atoms with Gasteiger partial charge in [0.2, 0.25) is 0 Å². The Kier molecular flexibility index (Phi) is 4.76. The van der Waals surface area contributed by atoms with Crippen LogP contribution in [0.25, 0.3) is 5.57 Å². The van der Waals surface area contributed by atoms with Gasteiger partial charge in [-0.15, -0.1) is 0 Å². The zero-order valence-electron chi connectivity index (χ0n) is 18.8. The van der Waals surface area contributed by atoms with Crippen LogP contribution in [0.3, 0.4) is 0 Å². The highest BCUT2D eigenvalue weighted by Gasteiger charge is 2.25. The van der Waals surface area contributed by atoms with Crippen molar-refractivity contribution in [1.82, 2.24) is 4.57 Å². The number of para-hydroxylation sites is 1. The van der Waals surface area contributed by atoms with Gasteiger partial charge in [0.15, 0.2) is 0 Å². The van der Waals surface area contributed by atoms with Crippen molar-refractivity contribution >= 4 is 17.2 Å². The van der Waals surface area contributed by atoms with Crippen LogP contribution < -0.4 is 4.90 Å². The molecular weight excluding hydrogens is 404 g/mol. The van der Waals surface area contributed by atoms with Crippen LogP contribution in [0.4, 0.5) is 5.69 Å². The van der Waals surface area contributed by atoms with Crippen LogP contribution >= 0.6 is 0 Å². The summed E-state index contributed by atoms with van der Waals surface area (Å²) < 4.78 is 2.23. The molecule has 2 aliphatic rings. The Balaban J connectivity index is 1.37. The van der Waals surface area contributed by atoms with Crippen LogP contribution in [0.1, 0.15) is 50.3 Å². The third kappa shape index (κ3) is 3.41. The highest BCUT2D eigenvalue weighted by molar-refractivity contribution is 6.07. The predicted octanol–water partition coefficient (Wildman–Crippen LogP) is 6.38. The molecule has 33 heavy (non-hydrogen) atoms. The molecule has 3 nitrogen and oxygen atoms in total. The van der Waals surface area contributed by atoms with E-state index >= 15 is 0 Å². The monoisotopic (exact) mass is 430 g/mol. The first-order valence-corrected chi connectivity index (χ1v) is 11.6. The highest BCUT2D eigenvalue weighted by Crippen LogP contribution is 2.34. The number of anilines is 1. The third-order valence-electron chi connectivity index (χ3n) is 6.95. The quantitative estimate of drug-likeness (QED) is 0.362. The van der Waals surface area contributed by atoms with E-state index in [1.165, 1.54) is 22.3 Å². The molecule has 0 saturated heterocycles. The van der Waals surface area contributed by atoms with E-state index in [4.69, 9.17) is 0 Å². The second kappa shape index (κ2) is 7.93. The minimum Gasteiger partial charge on any atom is -0.345 e. The van der Waals surface area contributed by atoms with E-state index in [-0.39, 0.29) is 5.91 Å². The molecule has 3 aromatic carbocycles. The predicted molar refractivity (Wildman–Crippen MR) is 134 cm³/mol. The minimum atomic E-state index is 0.0461. The number of amides is 1. The lowest BCUT2D eigenvalue weighted by Crippen LogP contribution is -2.30. The number of aryl methyl sites for hydroxylation is 2. The van der Waals surface area contributed by atoms with Crippen molar-refractivity contribution in [2.24, 2.45) is 0 Å². The van der Waals surface area contributed by atoms with Crippen molar-refractivity contribution in [3.05, 3.63) is 130 Å². The van der Waals surface area contributed by atoms with E-state index in [0.717, 1.165) is 47.5 Å². The first-order valence-electron chi connectivity index (χ1n) is 11.6. The number of benzene rings is 3. The van der Waals surface area contributed by atoms with E-state index in [9.17, 15) is 4.79 Å². The van der Waals surface area contributed by atoms with E-state index in [1.54, 1.807) is 0 Å². The number of hydrogen-bond acceptors (Lipinski definition) is 1. The molecule has 1 aliphatic carbocycles. The number of carbonyl (C=O) groups excluding carboxylic acids is 1. The smallest absolute Gasteiger partial charge is 0.258 e. The van der Waals surface area contributed by atoms with Gasteiger partial charge in [0.25, 0.3) is 5.91 Å². The Morgan fingerprint density at radius 1 is 0.818 bits per heavy atom. The summed E-state index contributed by atoms with van der Waals surface area (Å²) in [5.41, 5.74) is 10.4. The number of fused-ring (bicyclic) bond motifs is 3. The number of aromatic nitrogens is 1. The molecular formula is C30H26N2O. The van der Waals surface area contributed by atoms with Crippen molar-refractivity contribution in [2.45, 2.75) is 32.9 Å². The molecule has 1 amide bonds. The second-order valence-electron chi connectivity index (χ2n) is 8.99. The van der Waals surface area contributed by atoms with Gasteiger partial charge in [-0.1, -0.05) is 54.6 Å². The lowest BCUT2D eigenvalue weighted by Gasteiger charge is -2.24. The Morgan fingerprint density at radius 3 is 2.52 bits per heavy atom. The van der Waals surface area contributed by atoms with Gasteiger partial charge in [-0.25, -0.2) is 0 Å². The van der Waals surface area contributed by atoms with Crippen molar-refractivity contribution in [2.75, 3.05) is 4.90 Å². The Morgan fingerprint density at radius 2 is 1.64 bits per heavy atom. The van der Waals surface area contributed by atoms with Crippen LogP contribution in [0, 0.1) is 6.92 Å². The molecule has 2 heterocycles. The molecule has 0 saturated carbocycles. The average Bonchev–Trinajstić information content (AvgIpc) is 3.22. The zero-order chi connectivity index (χ0) is 22.4. The molecule has 4 aromatic rings. The van der Waals surface area contributed by atoms with Crippen molar-refractivity contribution in [3.8, 4) is 0 Å². The fraction of sp³-hybridized carbons (Fsp3) is 0.167. The van der Waals surface area contributed by atoms with Gasteiger partial charge in [0.1, 0.15) is 0 Å². The molecule has 0 atom stereocenters. The normalized spacial score (nSPS) is 14.6. The number of rotatable bonds is 2. The first kappa shape index (κ1) is 19.8. The van der Waals surface area contributed by atoms with E-state index in [0.29, 0.717) is 6.54 Å². The summed E-state index contributed by atoms with van der Waals surface area (Å²) in [5, 5.41) is 0. The second-order valence-corrected chi connectivity index (χ2v) is 8.99. The van der Waals surface area contributed by atoms with Gasteiger partial charge in [-0.2, -0.15) is 0 Å². The lowest BCUT2D eigenvalue weighted by atomic mass is 9.85. The number of allylic oxidation sites excluding steroid dienone is 1. The summed E-state index contributed by atoms with van der Waals surface area (Å²) in [5.74, 6) is 0.0461. The van der Waals surface area contributed by atoms with Crippen LogP contribution in [-0.4, -0.2) is 10.5 Å². The van der Waals surface area contributed by atoms with Gasteiger partial charge in [0, 0.05) is 29.7 Å². The van der Waals surface area contributed by atoms with Crippen molar-refractivity contribution in [3.63, 3.8) is 0 Å².